The summed E-state index contributed by atoms with van der Waals surface area (Å²) in [6, 6.07) is 11.5. The van der Waals surface area contributed by atoms with E-state index in [4.69, 9.17) is 11.6 Å². The first kappa shape index (κ1) is 20.7. The number of amides is 4. The smallest absolute Gasteiger partial charge is 0.255 e. The lowest BCUT2D eigenvalue weighted by Gasteiger charge is -2.29. The summed E-state index contributed by atoms with van der Waals surface area (Å²) in [6.45, 7) is 1.44. The molecule has 0 radical (unpaired) electrons. The molecule has 3 N–H and O–H groups in total. The molecule has 0 atom stereocenters. The van der Waals surface area contributed by atoms with Crippen LogP contribution >= 0.6 is 11.6 Å². The van der Waals surface area contributed by atoms with Gasteiger partial charge < -0.3 is 15.5 Å². The van der Waals surface area contributed by atoms with Gasteiger partial charge in [-0.05, 0) is 42.5 Å². The minimum absolute atomic E-state index is 0.0611. The van der Waals surface area contributed by atoms with E-state index in [1.165, 1.54) is 5.01 Å². The number of benzene rings is 2. The normalized spacial score (nSPS) is 16.6. The molecule has 0 aromatic heterocycles. The molecule has 9 nitrogen and oxygen atoms in total. The van der Waals surface area contributed by atoms with Crippen LogP contribution in [0.15, 0.2) is 42.5 Å². The summed E-state index contributed by atoms with van der Waals surface area (Å²) in [7, 11) is 0. The fourth-order valence-electron chi connectivity index (χ4n) is 3.43. The minimum Gasteiger partial charge on any atom is -0.359 e. The van der Waals surface area contributed by atoms with Crippen LogP contribution in [0.2, 0.25) is 5.02 Å². The van der Waals surface area contributed by atoms with Crippen molar-refractivity contribution in [1.82, 2.24) is 10.7 Å². The Balaban J connectivity index is 1.43. The lowest BCUT2D eigenvalue weighted by molar-refractivity contribution is -0.130. The maximum absolute atomic E-state index is 12.6. The fourth-order valence-corrected chi connectivity index (χ4v) is 3.73. The van der Waals surface area contributed by atoms with Gasteiger partial charge in [-0.15, -0.1) is 0 Å². The molecular formula is C21H20ClN5O4. The summed E-state index contributed by atoms with van der Waals surface area (Å²) >= 11 is 6.38. The van der Waals surface area contributed by atoms with Crippen molar-refractivity contribution in [3.8, 4) is 0 Å². The van der Waals surface area contributed by atoms with E-state index in [1.54, 1.807) is 42.5 Å². The van der Waals surface area contributed by atoms with Gasteiger partial charge >= 0.3 is 0 Å². The summed E-state index contributed by atoms with van der Waals surface area (Å²) in [6.07, 6.45) is 0.315. The quantitative estimate of drug-likeness (QED) is 0.668. The van der Waals surface area contributed by atoms with Crippen LogP contribution < -0.4 is 26.0 Å². The molecule has 4 rings (SSSR count). The van der Waals surface area contributed by atoms with Crippen LogP contribution in [-0.4, -0.2) is 43.3 Å². The van der Waals surface area contributed by atoms with Crippen molar-refractivity contribution in [3.05, 3.63) is 53.1 Å². The van der Waals surface area contributed by atoms with Crippen LogP contribution in [0.4, 0.5) is 17.1 Å². The fraction of sp³-hybridized carbons (Fsp3) is 0.238. The van der Waals surface area contributed by atoms with Gasteiger partial charge in [0.1, 0.15) is 0 Å². The predicted octanol–water partition coefficient (Wildman–Crippen LogP) is 1.69. The molecule has 2 aliphatic heterocycles. The number of rotatable bonds is 4. The third-order valence-corrected chi connectivity index (χ3v) is 5.33. The van der Waals surface area contributed by atoms with Gasteiger partial charge in [-0.3, -0.25) is 24.6 Å². The summed E-state index contributed by atoms with van der Waals surface area (Å²) in [5.41, 5.74) is 4.62. The van der Waals surface area contributed by atoms with E-state index in [9.17, 15) is 19.2 Å². The molecule has 2 aliphatic rings. The van der Waals surface area contributed by atoms with E-state index >= 15 is 0 Å². The highest BCUT2D eigenvalue weighted by Crippen LogP contribution is 2.29. The molecule has 4 amide bonds. The number of piperazine rings is 1. The summed E-state index contributed by atoms with van der Waals surface area (Å²) in [4.78, 5) is 49.6. The number of nitrogens with zero attached hydrogens (tertiary/aromatic N) is 2. The van der Waals surface area contributed by atoms with Crippen molar-refractivity contribution >= 4 is 52.3 Å². The molecule has 2 heterocycles. The molecule has 2 saturated heterocycles. The first-order valence-electron chi connectivity index (χ1n) is 9.76. The SMILES string of the molecule is O=C1CN(c2ccc(NC(=O)c3ccc(N4NC(=O)CCC4=O)cc3)cc2Cl)CCN1. The molecule has 0 spiro atoms. The zero-order valence-corrected chi connectivity index (χ0v) is 17.2. The highest BCUT2D eigenvalue weighted by molar-refractivity contribution is 6.33. The zero-order chi connectivity index (χ0) is 22.0. The number of hydrogen-bond acceptors (Lipinski definition) is 5. The van der Waals surface area contributed by atoms with E-state index in [1.807, 2.05) is 4.90 Å². The van der Waals surface area contributed by atoms with Crippen molar-refractivity contribution in [2.24, 2.45) is 0 Å². The second kappa shape index (κ2) is 8.65. The van der Waals surface area contributed by atoms with Gasteiger partial charge in [0.25, 0.3) is 5.91 Å². The molecule has 0 saturated carbocycles. The van der Waals surface area contributed by atoms with Crippen LogP contribution in [0.25, 0.3) is 0 Å². The molecule has 160 valence electrons. The largest absolute Gasteiger partial charge is 0.359 e. The third-order valence-electron chi connectivity index (χ3n) is 5.02. The number of hydrazine groups is 1. The summed E-state index contributed by atoms with van der Waals surface area (Å²) in [5, 5.41) is 7.16. The Bertz CT molecular complexity index is 1060. The van der Waals surface area contributed by atoms with E-state index in [0.29, 0.717) is 35.1 Å². The molecular weight excluding hydrogens is 422 g/mol. The van der Waals surface area contributed by atoms with Gasteiger partial charge in [-0.25, -0.2) is 5.01 Å². The first-order valence-corrected chi connectivity index (χ1v) is 10.1. The van der Waals surface area contributed by atoms with Gasteiger partial charge in [0, 0.05) is 37.2 Å². The highest BCUT2D eigenvalue weighted by atomic mass is 35.5. The van der Waals surface area contributed by atoms with E-state index < -0.39 is 0 Å². The Kier molecular flexibility index (Phi) is 5.77. The van der Waals surface area contributed by atoms with E-state index in [0.717, 1.165) is 5.69 Å². The average Bonchev–Trinajstić information content (AvgIpc) is 2.75. The lowest BCUT2D eigenvalue weighted by atomic mass is 10.1. The standard InChI is InChI=1S/C21H20ClN5O4/c22-16-11-14(3-6-17(16)26-10-9-23-19(29)12-26)24-21(31)13-1-4-15(5-2-13)27-20(30)8-7-18(28)25-27/h1-6,11H,7-10,12H2,(H,23,29)(H,24,31)(H,25,28). The molecule has 2 fully saturated rings. The molecule has 0 aliphatic carbocycles. The molecule has 0 unspecified atom stereocenters. The first-order chi connectivity index (χ1) is 14.9. The Morgan fingerprint density at radius 3 is 2.48 bits per heavy atom. The van der Waals surface area contributed by atoms with Crippen molar-refractivity contribution < 1.29 is 19.2 Å². The number of carbonyl (C=O) groups is 4. The van der Waals surface area contributed by atoms with Gasteiger partial charge in [0.05, 0.1) is 22.9 Å². The Labute approximate surface area is 183 Å². The van der Waals surface area contributed by atoms with Gasteiger partial charge in [0.15, 0.2) is 0 Å². The molecule has 2 aromatic carbocycles. The van der Waals surface area contributed by atoms with Crippen LogP contribution in [0.3, 0.4) is 0 Å². The summed E-state index contributed by atoms with van der Waals surface area (Å²) in [5.74, 6) is -0.847. The third kappa shape index (κ3) is 4.61. The highest BCUT2D eigenvalue weighted by Gasteiger charge is 2.24. The van der Waals surface area contributed by atoms with Gasteiger partial charge in [-0.1, -0.05) is 11.6 Å². The van der Waals surface area contributed by atoms with Gasteiger partial charge in [0.2, 0.25) is 17.7 Å². The summed E-state index contributed by atoms with van der Waals surface area (Å²) < 4.78 is 0. The van der Waals surface area contributed by atoms with Crippen molar-refractivity contribution in [1.29, 1.82) is 0 Å². The molecule has 0 bridgehead atoms. The number of hydrogen-bond donors (Lipinski definition) is 3. The number of carbonyl (C=O) groups excluding carboxylic acids is 4. The Hall–Kier alpha value is -3.59. The second-order valence-electron chi connectivity index (χ2n) is 7.20. The molecule has 10 heteroatoms. The predicted molar refractivity (Wildman–Crippen MR) is 116 cm³/mol. The van der Waals surface area contributed by atoms with Crippen molar-refractivity contribution in [2.45, 2.75) is 12.8 Å². The topological polar surface area (TPSA) is 111 Å². The number of anilines is 3. The minimum atomic E-state index is -0.346. The molecule has 31 heavy (non-hydrogen) atoms. The monoisotopic (exact) mass is 441 g/mol. The number of halogens is 1. The maximum atomic E-state index is 12.6. The van der Waals surface area contributed by atoms with Crippen LogP contribution in [0, 0.1) is 0 Å². The van der Waals surface area contributed by atoms with Gasteiger partial charge in [-0.2, -0.15) is 0 Å². The van der Waals surface area contributed by atoms with Crippen molar-refractivity contribution in [2.75, 3.05) is 34.9 Å². The Morgan fingerprint density at radius 2 is 1.77 bits per heavy atom. The lowest BCUT2D eigenvalue weighted by Crippen LogP contribution is -2.50. The average molecular weight is 442 g/mol. The number of nitrogens with one attached hydrogen (secondary N) is 3. The van der Waals surface area contributed by atoms with Crippen LogP contribution in [0.1, 0.15) is 23.2 Å². The molecule has 2 aromatic rings. The second-order valence-corrected chi connectivity index (χ2v) is 7.61. The van der Waals surface area contributed by atoms with Crippen molar-refractivity contribution in [3.63, 3.8) is 0 Å². The van der Waals surface area contributed by atoms with E-state index in [2.05, 4.69) is 16.1 Å². The van der Waals surface area contributed by atoms with Crippen LogP contribution in [-0.2, 0) is 14.4 Å². The Morgan fingerprint density at radius 1 is 1.00 bits per heavy atom. The van der Waals surface area contributed by atoms with Crippen LogP contribution in [0.5, 0.6) is 0 Å². The maximum Gasteiger partial charge on any atom is 0.255 e. The van der Waals surface area contributed by atoms with E-state index in [-0.39, 0.29) is 43.0 Å². The zero-order valence-electron chi connectivity index (χ0n) is 16.5.